The van der Waals surface area contributed by atoms with Crippen LogP contribution in [-0.2, 0) is 9.63 Å². The fourth-order valence-electron chi connectivity index (χ4n) is 0.356. The molecule has 3 heteroatoms. The molecular weight excluding hydrogens is 130 g/mol. The number of carbonyl (C=O) groups excluding carboxylic acids is 1. The summed E-state index contributed by atoms with van der Waals surface area (Å²) < 4.78 is 0. The van der Waals surface area contributed by atoms with Gasteiger partial charge in [0.15, 0.2) is 0 Å². The molecule has 0 atom stereocenters. The molecular formula is C7H13NO2. The highest BCUT2D eigenvalue weighted by Gasteiger charge is 2.04. The van der Waals surface area contributed by atoms with Crippen LogP contribution in [0.3, 0.4) is 0 Å². The largest absolute Gasteiger partial charge is 0.365 e. The zero-order valence-corrected chi connectivity index (χ0v) is 6.84. The van der Waals surface area contributed by atoms with E-state index in [-0.39, 0.29) is 5.97 Å². The molecule has 0 aliphatic rings. The zero-order valence-electron chi connectivity index (χ0n) is 6.84. The number of hydrogen-bond donors (Lipinski definition) is 0. The molecule has 0 unspecified atom stereocenters. The van der Waals surface area contributed by atoms with Gasteiger partial charge in [0.1, 0.15) is 0 Å². The number of nitrogens with zero attached hydrogens (tertiary/aromatic N) is 1. The van der Waals surface area contributed by atoms with Gasteiger partial charge in [-0.15, -0.1) is 5.06 Å². The first kappa shape index (κ1) is 9.17. The highest BCUT2D eigenvalue weighted by Crippen LogP contribution is 1.95. The summed E-state index contributed by atoms with van der Waals surface area (Å²) in [6, 6.07) is 0. The number of carbonyl (C=O) groups is 1. The smallest absolute Gasteiger partial charge is 0.352 e. The van der Waals surface area contributed by atoms with Gasteiger partial charge in [-0.25, -0.2) is 4.79 Å². The summed E-state index contributed by atoms with van der Waals surface area (Å²) in [5.41, 5.74) is 0.619. The van der Waals surface area contributed by atoms with E-state index >= 15 is 0 Å². The van der Waals surface area contributed by atoms with Crippen LogP contribution in [-0.4, -0.2) is 25.1 Å². The molecule has 0 heterocycles. The zero-order chi connectivity index (χ0) is 8.15. The molecule has 0 fully saturated rings. The monoisotopic (exact) mass is 143 g/mol. The second kappa shape index (κ2) is 4.06. The lowest BCUT2D eigenvalue weighted by atomic mass is 10.3. The Morgan fingerprint density at radius 1 is 1.50 bits per heavy atom. The van der Waals surface area contributed by atoms with Gasteiger partial charge >= 0.3 is 5.97 Å². The third-order valence-electron chi connectivity index (χ3n) is 1.02. The van der Waals surface area contributed by atoms with E-state index in [1.54, 1.807) is 34.0 Å². The average Bonchev–Trinajstić information content (AvgIpc) is 1.85. The maximum absolute atomic E-state index is 10.9. The molecule has 0 aromatic heterocycles. The molecule has 0 aromatic carbocycles. The van der Waals surface area contributed by atoms with E-state index in [0.29, 0.717) is 5.57 Å². The van der Waals surface area contributed by atoms with Gasteiger partial charge < -0.3 is 4.84 Å². The van der Waals surface area contributed by atoms with Crippen molar-refractivity contribution < 1.29 is 9.63 Å². The molecule has 3 nitrogen and oxygen atoms in total. The maximum Gasteiger partial charge on any atom is 0.352 e. The van der Waals surface area contributed by atoms with Crippen LogP contribution in [0.5, 0.6) is 0 Å². The molecule has 58 valence electrons. The third-order valence-corrected chi connectivity index (χ3v) is 1.02. The SMILES string of the molecule is C/C=C(\C)C(=O)ON(C)C. The lowest BCUT2D eigenvalue weighted by Gasteiger charge is -2.09. The van der Waals surface area contributed by atoms with Crippen LogP contribution < -0.4 is 0 Å². The Hall–Kier alpha value is -0.830. The van der Waals surface area contributed by atoms with Crippen LogP contribution in [0.4, 0.5) is 0 Å². The van der Waals surface area contributed by atoms with Gasteiger partial charge in [-0.1, -0.05) is 6.08 Å². The lowest BCUT2D eigenvalue weighted by molar-refractivity contribution is -0.172. The minimum absolute atomic E-state index is 0.299. The number of hydrogen-bond acceptors (Lipinski definition) is 3. The van der Waals surface area contributed by atoms with Gasteiger partial charge in [0.05, 0.1) is 0 Å². The van der Waals surface area contributed by atoms with Crippen molar-refractivity contribution in [3.05, 3.63) is 11.6 Å². The summed E-state index contributed by atoms with van der Waals surface area (Å²) in [6.07, 6.45) is 1.71. The first-order valence-corrected chi connectivity index (χ1v) is 3.10. The molecule has 0 radical (unpaired) electrons. The van der Waals surface area contributed by atoms with Gasteiger partial charge in [0.25, 0.3) is 0 Å². The molecule has 0 aromatic rings. The van der Waals surface area contributed by atoms with Crippen molar-refractivity contribution in [2.75, 3.05) is 14.1 Å². The third kappa shape index (κ3) is 3.25. The number of allylic oxidation sites excluding steroid dienone is 1. The van der Waals surface area contributed by atoms with Crippen LogP contribution in [0.25, 0.3) is 0 Å². The Bertz CT molecular complexity index is 150. The van der Waals surface area contributed by atoms with Crippen LogP contribution in [0.1, 0.15) is 13.8 Å². The first-order valence-electron chi connectivity index (χ1n) is 3.10. The molecule has 0 bridgehead atoms. The molecule has 0 saturated carbocycles. The van der Waals surface area contributed by atoms with Crippen LogP contribution in [0.15, 0.2) is 11.6 Å². The summed E-state index contributed by atoms with van der Waals surface area (Å²) in [4.78, 5) is 15.6. The average molecular weight is 143 g/mol. The van der Waals surface area contributed by atoms with Crippen molar-refractivity contribution in [3.63, 3.8) is 0 Å². The molecule has 0 aliphatic heterocycles. The quantitative estimate of drug-likeness (QED) is 0.426. The minimum Gasteiger partial charge on any atom is -0.365 e. The van der Waals surface area contributed by atoms with Gasteiger partial charge in [0, 0.05) is 19.7 Å². The predicted octanol–water partition coefficient (Wildman–Crippen LogP) is 0.972. The van der Waals surface area contributed by atoms with Crippen molar-refractivity contribution in [1.29, 1.82) is 0 Å². The topological polar surface area (TPSA) is 29.5 Å². The van der Waals surface area contributed by atoms with Gasteiger partial charge in [-0.05, 0) is 13.8 Å². The number of hydroxylamine groups is 2. The predicted molar refractivity (Wildman–Crippen MR) is 39.2 cm³/mol. The van der Waals surface area contributed by atoms with Crippen LogP contribution in [0, 0.1) is 0 Å². The Labute approximate surface area is 61.2 Å². The molecule has 10 heavy (non-hydrogen) atoms. The molecule has 0 amide bonds. The first-order chi connectivity index (χ1) is 4.57. The maximum atomic E-state index is 10.9. The van der Waals surface area contributed by atoms with E-state index < -0.39 is 0 Å². The van der Waals surface area contributed by atoms with Crippen molar-refractivity contribution in [3.8, 4) is 0 Å². The molecule has 0 rings (SSSR count). The van der Waals surface area contributed by atoms with E-state index in [1.165, 1.54) is 5.06 Å². The summed E-state index contributed by atoms with van der Waals surface area (Å²) in [6.45, 7) is 3.51. The fourth-order valence-corrected chi connectivity index (χ4v) is 0.356. The van der Waals surface area contributed by atoms with Gasteiger partial charge in [-0.3, -0.25) is 0 Å². The van der Waals surface area contributed by atoms with Crippen molar-refractivity contribution in [2.24, 2.45) is 0 Å². The molecule has 0 N–H and O–H groups in total. The highest BCUT2D eigenvalue weighted by molar-refractivity contribution is 5.87. The summed E-state index contributed by atoms with van der Waals surface area (Å²) >= 11 is 0. The Balaban J connectivity index is 3.86. The highest BCUT2D eigenvalue weighted by atomic mass is 16.7. The summed E-state index contributed by atoms with van der Waals surface area (Å²) in [5.74, 6) is -0.299. The van der Waals surface area contributed by atoms with Gasteiger partial charge in [0.2, 0.25) is 0 Å². The van der Waals surface area contributed by atoms with E-state index in [9.17, 15) is 4.79 Å². The van der Waals surface area contributed by atoms with E-state index in [2.05, 4.69) is 0 Å². The molecule has 0 saturated heterocycles. The van der Waals surface area contributed by atoms with Crippen LogP contribution in [0.2, 0.25) is 0 Å². The minimum atomic E-state index is -0.299. The molecule has 0 aliphatic carbocycles. The van der Waals surface area contributed by atoms with E-state index in [4.69, 9.17) is 4.84 Å². The Morgan fingerprint density at radius 3 is 2.30 bits per heavy atom. The Kier molecular flexibility index (Phi) is 3.72. The Morgan fingerprint density at radius 2 is 2.00 bits per heavy atom. The normalized spacial score (nSPS) is 11.9. The van der Waals surface area contributed by atoms with E-state index in [0.717, 1.165) is 0 Å². The van der Waals surface area contributed by atoms with Crippen molar-refractivity contribution in [1.82, 2.24) is 5.06 Å². The van der Waals surface area contributed by atoms with E-state index in [1.807, 2.05) is 0 Å². The van der Waals surface area contributed by atoms with Gasteiger partial charge in [-0.2, -0.15) is 0 Å². The lowest BCUT2D eigenvalue weighted by Crippen LogP contribution is -2.18. The second-order valence-corrected chi connectivity index (χ2v) is 2.16. The van der Waals surface area contributed by atoms with Crippen LogP contribution >= 0.6 is 0 Å². The summed E-state index contributed by atoms with van der Waals surface area (Å²) in [7, 11) is 3.34. The van der Waals surface area contributed by atoms with Crippen molar-refractivity contribution >= 4 is 5.97 Å². The fraction of sp³-hybridized carbons (Fsp3) is 0.571. The number of rotatable bonds is 2. The standard InChI is InChI=1S/C7H13NO2/c1-5-6(2)7(9)10-8(3)4/h5H,1-4H3/b6-5+. The second-order valence-electron chi connectivity index (χ2n) is 2.16. The molecule has 0 spiro atoms. The summed E-state index contributed by atoms with van der Waals surface area (Å²) in [5, 5.41) is 1.37. The van der Waals surface area contributed by atoms with Crippen molar-refractivity contribution in [2.45, 2.75) is 13.8 Å².